The highest BCUT2D eigenvalue weighted by Gasteiger charge is 2.38. The molecule has 2 aliphatic rings. The number of carbonyl (C=O) groups is 1. The van der Waals surface area contributed by atoms with Crippen molar-refractivity contribution in [1.82, 2.24) is 4.90 Å². The molecule has 0 saturated carbocycles. The number of hydrogen-bond acceptors (Lipinski definition) is 5. The molecule has 1 saturated heterocycles. The third-order valence-corrected chi connectivity index (χ3v) is 7.54. The van der Waals surface area contributed by atoms with Gasteiger partial charge in [0.15, 0.2) is 26.6 Å². The van der Waals surface area contributed by atoms with Crippen LogP contribution < -0.4 is 9.47 Å². The Balaban J connectivity index is 1.68. The van der Waals surface area contributed by atoms with Crippen molar-refractivity contribution in [3.8, 4) is 11.5 Å². The van der Waals surface area contributed by atoms with Crippen molar-refractivity contribution in [2.45, 2.75) is 30.3 Å². The van der Waals surface area contributed by atoms with Crippen molar-refractivity contribution >= 4 is 27.3 Å². The van der Waals surface area contributed by atoms with E-state index < -0.39 is 15.1 Å². The number of amides is 1. The maximum atomic E-state index is 13.5. The zero-order valence-electron chi connectivity index (χ0n) is 16.6. The molecule has 0 aliphatic carbocycles. The maximum absolute atomic E-state index is 13.5. The fourth-order valence-corrected chi connectivity index (χ4v) is 6.03. The summed E-state index contributed by atoms with van der Waals surface area (Å²) < 4.78 is 38.3. The highest BCUT2D eigenvalue weighted by atomic mass is 35.5. The first-order valence-corrected chi connectivity index (χ1v) is 12.2. The molecular weight excluding hydrogens is 426 g/mol. The van der Waals surface area contributed by atoms with Gasteiger partial charge in [0.1, 0.15) is 0 Å². The molecular formula is C22H24ClNO5S. The van der Waals surface area contributed by atoms with E-state index in [-0.39, 0.29) is 11.7 Å². The molecule has 0 bridgehead atoms. The predicted octanol–water partition coefficient (Wildman–Crippen LogP) is 3.78. The standard InChI is InChI=1S/C22H24ClNO5S/c23-18-13-16(14-19-20(18)29-12-6-11-28-19)15-30(26,27)21(17-7-2-1-3-8-17)22(25)24-9-4-5-10-24/h1-3,7-8,13-14,21H,4-6,9-12,15H2/t21-/m0/s1. The Morgan fingerprint density at radius 1 is 1.03 bits per heavy atom. The van der Waals surface area contributed by atoms with Crippen molar-refractivity contribution in [3.05, 3.63) is 58.6 Å². The van der Waals surface area contributed by atoms with Gasteiger partial charge in [-0.15, -0.1) is 0 Å². The predicted molar refractivity (Wildman–Crippen MR) is 115 cm³/mol. The Bertz CT molecular complexity index is 1020. The number of likely N-dealkylation sites (tertiary alicyclic amines) is 1. The van der Waals surface area contributed by atoms with E-state index in [1.54, 1.807) is 47.4 Å². The highest BCUT2D eigenvalue weighted by Crippen LogP contribution is 2.39. The average Bonchev–Trinajstić information content (AvgIpc) is 3.14. The second-order valence-electron chi connectivity index (χ2n) is 7.59. The van der Waals surface area contributed by atoms with Crippen molar-refractivity contribution in [3.63, 3.8) is 0 Å². The largest absolute Gasteiger partial charge is 0.489 e. The molecule has 4 rings (SSSR count). The topological polar surface area (TPSA) is 72.9 Å². The van der Waals surface area contributed by atoms with E-state index in [2.05, 4.69) is 0 Å². The molecule has 0 spiro atoms. The van der Waals surface area contributed by atoms with Gasteiger partial charge in [0.25, 0.3) is 0 Å². The summed E-state index contributed by atoms with van der Waals surface area (Å²) in [6.07, 6.45) is 2.51. The number of hydrogen-bond donors (Lipinski definition) is 0. The SMILES string of the molecule is O=C([C@H](c1ccccc1)S(=O)(=O)Cc1cc(Cl)c2c(c1)OCCCO2)N1CCCC1. The van der Waals surface area contributed by atoms with Crippen LogP contribution in [-0.2, 0) is 20.4 Å². The number of benzene rings is 2. The molecule has 8 heteroatoms. The first kappa shape index (κ1) is 21.0. The Morgan fingerprint density at radius 2 is 1.73 bits per heavy atom. The average molecular weight is 450 g/mol. The molecule has 0 radical (unpaired) electrons. The molecule has 2 aromatic rings. The molecule has 30 heavy (non-hydrogen) atoms. The van der Waals surface area contributed by atoms with Gasteiger partial charge in [-0.1, -0.05) is 41.9 Å². The summed E-state index contributed by atoms with van der Waals surface area (Å²) in [4.78, 5) is 14.9. The van der Waals surface area contributed by atoms with E-state index in [0.717, 1.165) is 19.3 Å². The van der Waals surface area contributed by atoms with Gasteiger partial charge in [0, 0.05) is 19.5 Å². The van der Waals surface area contributed by atoms with E-state index in [1.165, 1.54) is 0 Å². The number of halogens is 1. The van der Waals surface area contributed by atoms with Crippen LogP contribution in [0.1, 0.15) is 35.6 Å². The molecule has 2 aromatic carbocycles. The summed E-state index contributed by atoms with van der Waals surface area (Å²) in [5.74, 6) is 0.192. The number of carbonyl (C=O) groups excluding carboxylic acids is 1. The monoisotopic (exact) mass is 449 g/mol. The normalized spacial score (nSPS) is 17.4. The van der Waals surface area contributed by atoms with Gasteiger partial charge in [0.2, 0.25) is 5.91 Å². The van der Waals surface area contributed by atoms with E-state index in [0.29, 0.717) is 54.0 Å². The molecule has 2 heterocycles. The van der Waals surface area contributed by atoms with Crippen LogP contribution in [0.3, 0.4) is 0 Å². The van der Waals surface area contributed by atoms with Crippen LogP contribution >= 0.6 is 11.6 Å². The zero-order chi connectivity index (χ0) is 21.1. The minimum absolute atomic E-state index is 0.307. The van der Waals surface area contributed by atoms with Gasteiger partial charge >= 0.3 is 0 Å². The summed E-state index contributed by atoms with van der Waals surface area (Å²) in [5, 5.41) is -0.937. The molecule has 2 aliphatic heterocycles. The number of ether oxygens (including phenoxy) is 2. The lowest BCUT2D eigenvalue weighted by atomic mass is 10.1. The van der Waals surface area contributed by atoms with Crippen LogP contribution in [-0.4, -0.2) is 45.5 Å². The van der Waals surface area contributed by atoms with Gasteiger partial charge in [-0.05, 0) is 36.1 Å². The number of sulfone groups is 1. The Hall–Kier alpha value is -2.25. The lowest BCUT2D eigenvalue weighted by molar-refractivity contribution is -0.129. The minimum Gasteiger partial charge on any atom is -0.489 e. The second kappa shape index (κ2) is 8.86. The van der Waals surface area contributed by atoms with Crippen molar-refractivity contribution in [1.29, 1.82) is 0 Å². The molecule has 1 atom stereocenters. The second-order valence-corrected chi connectivity index (χ2v) is 10.1. The van der Waals surface area contributed by atoms with Crippen LogP contribution in [0.25, 0.3) is 0 Å². The number of rotatable bonds is 5. The molecule has 0 N–H and O–H groups in total. The zero-order valence-corrected chi connectivity index (χ0v) is 18.1. The first-order chi connectivity index (χ1) is 14.5. The van der Waals surface area contributed by atoms with E-state index in [1.807, 2.05) is 0 Å². The number of nitrogens with zero attached hydrogens (tertiary/aromatic N) is 1. The maximum Gasteiger partial charge on any atom is 0.245 e. The number of fused-ring (bicyclic) bond motifs is 1. The summed E-state index contributed by atoms with van der Waals surface area (Å²) in [6, 6.07) is 11.9. The Kier molecular flexibility index (Phi) is 6.20. The van der Waals surface area contributed by atoms with E-state index in [9.17, 15) is 13.2 Å². The van der Waals surface area contributed by atoms with Crippen LogP contribution in [0.2, 0.25) is 5.02 Å². The fourth-order valence-electron chi connectivity index (χ4n) is 3.92. The van der Waals surface area contributed by atoms with Crippen LogP contribution in [0.15, 0.2) is 42.5 Å². The van der Waals surface area contributed by atoms with Crippen LogP contribution in [0.5, 0.6) is 11.5 Å². The lowest BCUT2D eigenvalue weighted by Crippen LogP contribution is -2.36. The summed E-state index contributed by atoms with van der Waals surface area (Å²) >= 11 is 6.34. The van der Waals surface area contributed by atoms with Crippen molar-refractivity contribution in [2.75, 3.05) is 26.3 Å². The fraction of sp³-hybridized carbons (Fsp3) is 0.409. The minimum atomic E-state index is -3.86. The van der Waals surface area contributed by atoms with Crippen LogP contribution in [0.4, 0.5) is 0 Å². The first-order valence-electron chi connectivity index (χ1n) is 10.1. The smallest absolute Gasteiger partial charge is 0.245 e. The van der Waals surface area contributed by atoms with E-state index in [4.69, 9.17) is 21.1 Å². The summed E-state index contributed by atoms with van der Waals surface area (Å²) in [7, 11) is -3.86. The highest BCUT2D eigenvalue weighted by molar-refractivity contribution is 7.91. The molecule has 160 valence electrons. The van der Waals surface area contributed by atoms with E-state index >= 15 is 0 Å². The quantitative estimate of drug-likeness (QED) is 0.694. The van der Waals surface area contributed by atoms with Gasteiger partial charge < -0.3 is 14.4 Å². The third kappa shape index (κ3) is 4.42. The van der Waals surface area contributed by atoms with Gasteiger partial charge in [-0.25, -0.2) is 8.42 Å². The van der Waals surface area contributed by atoms with Gasteiger partial charge in [-0.2, -0.15) is 0 Å². The van der Waals surface area contributed by atoms with Crippen molar-refractivity contribution < 1.29 is 22.7 Å². The van der Waals surface area contributed by atoms with Gasteiger partial charge in [-0.3, -0.25) is 4.79 Å². The molecule has 0 unspecified atom stereocenters. The molecule has 1 fully saturated rings. The Labute approximate surface area is 181 Å². The molecule has 1 amide bonds. The lowest BCUT2D eigenvalue weighted by Gasteiger charge is -2.24. The molecule has 0 aromatic heterocycles. The Morgan fingerprint density at radius 3 is 2.47 bits per heavy atom. The van der Waals surface area contributed by atoms with Crippen LogP contribution in [0, 0.1) is 0 Å². The summed E-state index contributed by atoms with van der Waals surface area (Å²) in [5.41, 5.74) is 0.953. The third-order valence-electron chi connectivity index (χ3n) is 5.33. The van der Waals surface area contributed by atoms with Gasteiger partial charge in [0.05, 0.1) is 24.0 Å². The van der Waals surface area contributed by atoms with Crippen molar-refractivity contribution in [2.24, 2.45) is 0 Å². The molecule has 6 nitrogen and oxygen atoms in total. The summed E-state index contributed by atoms with van der Waals surface area (Å²) in [6.45, 7) is 2.14.